The van der Waals surface area contributed by atoms with E-state index in [-0.39, 0.29) is 0 Å². The summed E-state index contributed by atoms with van der Waals surface area (Å²) < 4.78 is 16.8. The molecule has 1 aliphatic carbocycles. The molecule has 1 aromatic carbocycles. The molecular weight excluding hydrogens is 278 g/mol. The first-order chi connectivity index (χ1) is 10.8. The summed E-state index contributed by atoms with van der Waals surface area (Å²) in [4.78, 5) is 3.86. The minimum atomic E-state index is 0.347. The van der Waals surface area contributed by atoms with Gasteiger partial charge in [0.15, 0.2) is 12.2 Å². The highest BCUT2D eigenvalue weighted by Crippen LogP contribution is 2.19. The van der Waals surface area contributed by atoms with Crippen LogP contribution in [0.5, 0.6) is 5.75 Å². The summed E-state index contributed by atoms with van der Waals surface area (Å²) in [5, 5.41) is 0. The highest BCUT2D eigenvalue weighted by atomic mass is 16.5. The maximum atomic E-state index is 5.88. The molecule has 0 fully saturated rings. The smallest absolute Gasteiger partial charge is 0.181 e. The van der Waals surface area contributed by atoms with Gasteiger partial charge in [-0.2, -0.15) is 0 Å². The zero-order valence-electron chi connectivity index (χ0n) is 12.4. The molecule has 0 saturated carbocycles. The van der Waals surface area contributed by atoms with Gasteiger partial charge in [-0.1, -0.05) is 23.8 Å². The van der Waals surface area contributed by atoms with Crippen LogP contribution in [0.15, 0.2) is 77.1 Å². The second kappa shape index (κ2) is 6.80. The van der Waals surface area contributed by atoms with Gasteiger partial charge >= 0.3 is 0 Å². The molecule has 3 rings (SSSR count). The first kappa shape index (κ1) is 14.2. The normalized spacial score (nSPS) is 14.0. The van der Waals surface area contributed by atoms with E-state index >= 15 is 0 Å². The summed E-state index contributed by atoms with van der Waals surface area (Å²) in [7, 11) is 0. The van der Waals surface area contributed by atoms with E-state index in [1.54, 1.807) is 6.20 Å². The quantitative estimate of drug-likeness (QED) is 0.824. The van der Waals surface area contributed by atoms with Crippen LogP contribution in [0.3, 0.4) is 0 Å². The highest BCUT2D eigenvalue weighted by Gasteiger charge is 2.05. The third-order valence-electron chi connectivity index (χ3n) is 3.14. The lowest BCUT2D eigenvalue weighted by Crippen LogP contribution is -1.95. The van der Waals surface area contributed by atoms with Gasteiger partial charge in [0, 0.05) is 6.08 Å². The average Bonchev–Trinajstić information content (AvgIpc) is 2.94. The number of oxazole rings is 1. The van der Waals surface area contributed by atoms with Crippen molar-refractivity contribution in [2.75, 3.05) is 0 Å². The Morgan fingerprint density at radius 3 is 2.82 bits per heavy atom. The van der Waals surface area contributed by atoms with Gasteiger partial charge in [-0.05, 0) is 37.6 Å². The van der Waals surface area contributed by atoms with Gasteiger partial charge in [0.25, 0.3) is 0 Å². The minimum Gasteiger partial charge on any atom is -0.486 e. The minimum absolute atomic E-state index is 0.347. The SMILES string of the molecule is Cc1ccc(OC2=CC(OCc3cnco3)=CCC=C2)cc1. The number of allylic oxidation sites excluding steroid dienone is 4. The highest BCUT2D eigenvalue weighted by molar-refractivity contribution is 5.33. The van der Waals surface area contributed by atoms with E-state index in [1.807, 2.05) is 55.5 Å². The molecule has 0 amide bonds. The van der Waals surface area contributed by atoms with Crippen LogP contribution in [0.25, 0.3) is 0 Å². The van der Waals surface area contributed by atoms with Crippen LogP contribution in [-0.4, -0.2) is 4.98 Å². The number of hydrogen-bond acceptors (Lipinski definition) is 4. The van der Waals surface area contributed by atoms with Crippen molar-refractivity contribution in [2.24, 2.45) is 0 Å². The van der Waals surface area contributed by atoms with Crippen LogP contribution in [0.1, 0.15) is 17.7 Å². The standard InChI is InChI=1S/C18H17NO3/c1-14-6-8-15(9-7-14)22-17-5-3-2-4-16(10-17)20-12-18-11-19-13-21-18/h3-11,13H,2,12H2,1H3. The lowest BCUT2D eigenvalue weighted by Gasteiger charge is -2.08. The zero-order valence-corrected chi connectivity index (χ0v) is 12.4. The molecule has 0 N–H and O–H groups in total. The summed E-state index contributed by atoms with van der Waals surface area (Å²) in [6, 6.07) is 7.95. The van der Waals surface area contributed by atoms with Gasteiger partial charge in [-0.25, -0.2) is 4.98 Å². The maximum Gasteiger partial charge on any atom is 0.181 e. The molecule has 22 heavy (non-hydrogen) atoms. The van der Waals surface area contributed by atoms with Crippen LogP contribution in [0, 0.1) is 6.92 Å². The molecule has 1 aliphatic rings. The Labute approximate surface area is 129 Å². The van der Waals surface area contributed by atoms with Crippen molar-refractivity contribution in [1.29, 1.82) is 0 Å². The molecule has 2 aromatic rings. The number of rotatable bonds is 5. The Morgan fingerprint density at radius 1 is 1.18 bits per heavy atom. The van der Waals surface area contributed by atoms with E-state index in [0.717, 1.165) is 23.7 Å². The van der Waals surface area contributed by atoms with E-state index in [0.29, 0.717) is 12.4 Å². The van der Waals surface area contributed by atoms with Gasteiger partial charge in [0.1, 0.15) is 23.9 Å². The van der Waals surface area contributed by atoms with Crippen molar-refractivity contribution in [2.45, 2.75) is 20.0 Å². The number of benzene rings is 1. The third kappa shape index (κ3) is 3.88. The molecular formula is C18H17NO3. The third-order valence-corrected chi connectivity index (χ3v) is 3.14. The fourth-order valence-corrected chi connectivity index (χ4v) is 1.99. The second-order valence-corrected chi connectivity index (χ2v) is 4.96. The number of aromatic nitrogens is 1. The fraction of sp³-hybridized carbons (Fsp3) is 0.167. The Hall–Kier alpha value is -2.75. The summed E-state index contributed by atoms with van der Waals surface area (Å²) in [5.41, 5.74) is 1.20. The number of hydrogen-bond donors (Lipinski definition) is 0. The van der Waals surface area contributed by atoms with Gasteiger partial charge in [0.2, 0.25) is 0 Å². The molecule has 4 nitrogen and oxygen atoms in total. The number of aryl methyl sites for hydroxylation is 1. The topological polar surface area (TPSA) is 44.5 Å². The Morgan fingerprint density at radius 2 is 2.05 bits per heavy atom. The summed E-state index contributed by atoms with van der Waals surface area (Å²) in [6.45, 7) is 2.40. The van der Waals surface area contributed by atoms with Gasteiger partial charge in [-0.15, -0.1) is 0 Å². The molecule has 0 bridgehead atoms. The van der Waals surface area contributed by atoms with Crippen LogP contribution in [0.4, 0.5) is 0 Å². The molecule has 0 saturated heterocycles. The van der Waals surface area contributed by atoms with Gasteiger partial charge in [-0.3, -0.25) is 0 Å². The van der Waals surface area contributed by atoms with Gasteiger partial charge in [0.05, 0.1) is 6.20 Å². The van der Waals surface area contributed by atoms with Crippen LogP contribution in [-0.2, 0) is 11.3 Å². The average molecular weight is 295 g/mol. The monoisotopic (exact) mass is 295 g/mol. The molecule has 0 atom stereocenters. The number of nitrogens with zero attached hydrogens (tertiary/aromatic N) is 1. The van der Waals surface area contributed by atoms with E-state index in [1.165, 1.54) is 12.0 Å². The zero-order chi connectivity index (χ0) is 15.2. The van der Waals surface area contributed by atoms with E-state index in [2.05, 4.69) is 4.98 Å². The molecule has 1 aromatic heterocycles. The van der Waals surface area contributed by atoms with Crippen molar-refractivity contribution >= 4 is 0 Å². The Bertz CT molecular complexity index is 694. The van der Waals surface area contributed by atoms with E-state index < -0.39 is 0 Å². The fourth-order valence-electron chi connectivity index (χ4n) is 1.99. The van der Waals surface area contributed by atoms with E-state index in [4.69, 9.17) is 13.9 Å². The molecule has 0 radical (unpaired) electrons. The number of ether oxygens (including phenoxy) is 2. The molecule has 4 heteroatoms. The van der Waals surface area contributed by atoms with Gasteiger partial charge < -0.3 is 13.9 Å². The summed E-state index contributed by atoms with van der Waals surface area (Å²) in [6.07, 6.45) is 11.7. The van der Waals surface area contributed by atoms with E-state index in [9.17, 15) is 0 Å². The first-order valence-electron chi connectivity index (χ1n) is 7.13. The maximum absolute atomic E-state index is 5.88. The summed E-state index contributed by atoms with van der Waals surface area (Å²) >= 11 is 0. The largest absolute Gasteiger partial charge is 0.486 e. The Kier molecular flexibility index (Phi) is 4.39. The predicted molar refractivity (Wildman–Crippen MR) is 83.0 cm³/mol. The molecule has 112 valence electrons. The molecule has 0 spiro atoms. The van der Waals surface area contributed by atoms with Crippen molar-refractivity contribution in [3.63, 3.8) is 0 Å². The lowest BCUT2D eigenvalue weighted by atomic mass is 10.2. The first-order valence-corrected chi connectivity index (χ1v) is 7.13. The molecule has 0 aliphatic heterocycles. The molecule has 1 heterocycles. The molecule has 0 unspecified atom stereocenters. The van der Waals surface area contributed by atoms with Crippen molar-refractivity contribution in [3.05, 3.63) is 84.0 Å². The van der Waals surface area contributed by atoms with Crippen molar-refractivity contribution in [3.8, 4) is 5.75 Å². The predicted octanol–water partition coefficient (Wildman–Crippen LogP) is 4.31. The van der Waals surface area contributed by atoms with Crippen molar-refractivity contribution in [1.82, 2.24) is 4.98 Å². The lowest BCUT2D eigenvalue weighted by molar-refractivity contribution is 0.186. The van der Waals surface area contributed by atoms with Crippen LogP contribution >= 0.6 is 0 Å². The second-order valence-electron chi connectivity index (χ2n) is 4.96. The van der Waals surface area contributed by atoms with Crippen LogP contribution in [0.2, 0.25) is 0 Å². The van der Waals surface area contributed by atoms with Crippen molar-refractivity contribution < 1.29 is 13.9 Å². The van der Waals surface area contributed by atoms with Crippen LogP contribution < -0.4 is 4.74 Å². The Balaban J connectivity index is 1.67. The summed E-state index contributed by atoms with van der Waals surface area (Å²) in [5.74, 6) is 2.99.